The van der Waals surface area contributed by atoms with Gasteiger partial charge in [0.1, 0.15) is 0 Å². The molecule has 0 saturated carbocycles. The Morgan fingerprint density at radius 3 is 3.09 bits per heavy atom. The summed E-state index contributed by atoms with van der Waals surface area (Å²) in [6, 6.07) is 4.02. The summed E-state index contributed by atoms with van der Waals surface area (Å²) in [7, 11) is 0. The van der Waals surface area contributed by atoms with Crippen molar-refractivity contribution in [2.24, 2.45) is 5.92 Å². The normalized spacial score (nSPS) is 19.1. The Labute approximate surface area is 133 Å². The smallest absolute Gasteiger partial charge is 0.317 e. The first-order valence-corrected chi connectivity index (χ1v) is 8.18. The zero-order valence-electron chi connectivity index (χ0n) is 13.8. The van der Waals surface area contributed by atoms with Crippen LogP contribution in [0.15, 0.2) is 18.3 Å². The lowest BCUT2D eigenvalue weighted by molar-refractivity contribution is 0.0267. The summed E-state index contributed by atoms with van der Waals surface area (Å²) in [5.41, 5.74) is 2.14. The van der Waals surface area contributed by atoms with Crippen LogP contribution < -0.4 is 5.32 Å². The zero-order valence-corrected chi connectivity index (χ0v) is 13.8. The number of hydrogen-bond acceptors (Lipinski definition) is 3. The highest BCUT2D eigenvalue weighted by Crippen LogP contribution is 2.13. The fourth-order valence-electron chi connectivity index (χ4n) is 2.56. The number of rotatable bonds is 4. The Kier molecular flexibility index (Phi) is 6.19. The minimum absolute atomic E-state index is 0.0279. The molecule has 1 N–H and O–H groups in total. The van der Waals surface area contributed by atoms with Crippen LogP contribution in [0, 0.1) is 5.92 Å². The van der Waals surface area contributed by atoms with Gasteiger partial charge in [-0.25, -0.2) is 4.79 Å². The molecule has 5 nitrogen and oxygen atoms in total. The molecule has 0 aliphatic carbocycles. The van der Waals surface area contributed by atoms with Crippen molar-refractivity contribution in [2.45, 2.75) is 46.3 Å². The van der Waals surface area contributed by atoms with Crippen molar-refractivity contribution < 1.29 is 9.53 Å². The van der Waals surface area contributed by atoms with Gasteiger partial charge in [0.05, 0.1) is 18.3 Å². The summed E-state index contributed by atoms with van der Waals surface area (Å²) in [6.45, 7) is 8.98. The van der Waals surface area contributed by atoms with Crippen LogP contribution in [-0.2, 0) is 17.7 Å². The molecule has 2 rings (SSSR count). The van der Waals surface area contributed by atoms with Crippen LogP contribution in [0.5, 0.6) is 0 Å². The molecule has 5 heteroatoms. The number of amides is 2. The molecule has 0 bridgehead atoms. The summed E-state index contributed by atoms with van der Waals surface area (Å²) in [5.74, 6) is 0.413. The van der Waals surface area contributed by atoms with Crippen molar-refractivity contribution >= 4 is 6.03 Å². The summed E-state index contributed by atoms with van der Waals surface area (Å²) >= 11 is 0. The van der Waals surface area contributed by atoms with Gasteiger partial charge in [0.15, 0.2) is 0 Å². The second kappa shape index (κ2) is 8.13. The van der Waals surface area contributed by atoms with Gasteiger partial charge in [-0.1, -0.05) is 20.8 Å². The van der Waals surface area contributed by atoms with Gasteiger partial charge in [0, 0.05) is 25.9 Å². The van der Waals surface area contributed by atoms with Crippen molar-refractivity contribution in [3.63, 3.8) is 0 Å². The average molecular weight is 305 g/mol. The summed E-state index contributed by atoms with van der Waals surface area (Å²) in [4.78, 5) is 18.5. The van der Waals surface area contributed by atoms with E-state index in [1.807, 2.05) is 17.0 Å². The van der Waals surface area contributed by atoms with Crippen molar-refractivity contribution in [1.82, 2.24) is 15.2 Å². The number of carbonyl (C=O) groups excluding carboxylic acids is 1. The van der Waals surface area contributed by atoms with Crippen molar-refractivity contribution in [2.75, 3.05) is 19.7 Å². The molecule has 1 aromatic heterocycles. The van der Waals surface area contributed by atoms with Gasteiger partial charge in [-0.3, -0.25) is 4.98 Å². The fraction of sp³-hybridized carbons (Fsp3) is 0.647. The molecule has 122 valence electrons. The van der Waals surface area contributed by atoms with Crippen molar-refractivity contribution in [1.29, 1.82) is 0 Å². The molecule has 22 heavy (non-hydrogen) atoms. The number of pyridine rings is 1. The Morgan fingerprint density at radius 1 is 1.55 bits per heavy atom. The molecule has 1 atom stereocenters. The Hall–Kier alpha value is -1.62. The van der Waals surface area contributed by atoms with Crippen LogP contribution in [0.25, 0.3) is 0 Å². The summed E-state index contributed by atoms with van der Waals surface area (Å²) < 4.78 is 5.80. The standard InChI is InChI=1S/C17H27N3O2/c1-4-14-6-7-18-15(10-14)11-19-17(21)20-8-5-9-22-16(12-20)13(2)3/h6-7,10,13,16H,4-5,8-9,11-12H2,1-3H3,(H,19,21). The number of nitrogens with one attached hydrogen (secondary N) is 1. The van der Waals surface area contributed by atoms with E-state index in [0.29, 0.717) is 19.0 Å². The van der Waals surface area contributed by atoms with Gasteiger partial charge in [-0.15, -0.1) is 0 Å². The number of carbonyl (C=O) groups is 1. The van der Waals surface area contributed by atoms with E-state index in [4.69, 9.17) is 4.74 Å². The number of ether oxygens (including phenoxy) is 1. The highest BCUT2D eigenvalue weighted by molar-refractivity contribution is 5.74. The minimum atomic E-state index is -0.0279. The van der Waals surface area contributed by atoms with E-state index in [0.717, 1.165) is 31.7 Å². The maximum Gasteiger partial charge on any atom is 0.317 e. The largest absolute Gasteiger partial charge is 0.376 e. The lowest BCUT2D eigenvalue weighted by Crippen LogP contribution is -2.44. The quantitative estimate of drug-likeness (QED) is 0.930. The zero-order chi connectivity index (χ0) is 15.9. The predicted molar refractivity (Wildman–Crippen MR) is 86.6 cm³/mol. The van der Waals surface area contributed by atoms with E-state index >= 15 is 0 Å². The highest BCUT2D eigenvalue weighted by atomic mass is 16.5. The van der Waals surface area contributed by atoms with Crippen LogP contribution in [0.3, 0.4) is 0 Å². The highest BCUT2D eigenvalue weighted by Gasteiger charge is 2.24. The number of nitrogens with zero attached hydrogens (tertiary/aromatic N) is 2. The molecule has 1 saturated heterocycles. The number of aromatic nitrogens is 1. The first-order chi connectivity index (χ1) is 10.6. The van der Waals surface area contributed by atoms with Crippen molar-refractivity contribution in [3.05, 3.63) is 29.6 Å². The van der Waals surface area contributed by atoms with Crippen LogP contribution in [-0.4, -0.2) is 41.7 Å². The fourth-order valence-corrected chi connectivity index (χ4v) is 2.56. The second-order valence-corrected chi connectivity index (χ2v) is 6.12. The Morgan fingerprint density at radius 2 is 2.36 bits per heavy atom. The van der Waals surface area contributed by atoms with E-state index in [9.17, 15) is 4.79 Å². The van der Waals surface area contributed by atoms with E-state index in [1.165, 1.54) is 5.56 Å². The molecule has 0 radical (unpaired) electrons. The monoisotopic (exact) mass is 305 g/mol. The molecular weight excluding hydrogens is 278 g/mol. The lowest BCUT2D eigenvalue weighted by atomic mass is 10.1. The molecule has 2 amide bonds. The van der Waals surface area contributed by atoms with Gasteiger partial charge < -0.3 is 15.0 Å². The minimum Gasteiger partial charge on any atom is -0.376 e. The van der Waals surface area contributed by atoms with Crippen LogP contribution >= 0.6 is 0 Å². The van der Waals surface area contributed by atoms with Gasteiger partial charge in [0.25, 0.3) is 0 Å². The average Bonchev–Trinajstić information content (AvgIpc) is 2.79. The molecule has 1 aliphatic heterocycles. The SMILES string of the molecule is CCc1ccnc(CNC(=O)N2CCCOC(C(C)C)C2)c1. The molecule has 0 aromatic carbocycles. The van der Waals surface area contributed by atoms with Crippen molar-refractivity contribution in [3.8, 4) is 0 Å². The van der Waals surface area contributed by atoms with Gasteiger partial charge >= 0.3 is 6.03 Å². The maximum absolute atomic E-state index is 12.4. The van der Waals surface area contributed by atoms with Gasteiger partial charge in [-0.05, 0) is 36.5 Å². The Bertz CT molecular complexity index is 491. The van der Waals surface area contributed by atoms with E-state index in [-0.39, 0.29) is 12.1 Å². The molecule has 1 unspecified atom stereocenters. The van der Waals surface area contributed by atoms with E-state index < -0.39 is 0 Å². The molecule has 1 aliphatic rings. The molecule has 2 heterocycles. The molecule has 0 spiro atoms. The van der Waals surface area contributed by atoms with Crippen LogP contribution in [0.4, 0.5) is 4.79 Å². The molecule has 1 aromatic rings. The third-order valence-electron chi connectivity index (χ3n) is 4.05. The lowest BCUT2D eigenvalue weighted by Gasteiger charge is -2.26. The summed E-state index contributed by atoms with van der Waals surface area (Å²) in [6.07, 6.45) is 3.78. The number of urea groups is 1. The summed E-state index contributed by atoms with van der Waals surface area (Å²) in [5, 5.41) is 2.98. The van der Waals surface area contributed by atoms with Gasteiger partial charge in [0.2, 0.25) is 0 Å². The van der Waals surface area contributed by atoms with Gasteiger partial charge in [-0.2, -0.15) is 0 Å². The number of aryl methyl sites for hydroxylation is 1. The number of hydrogen-bond donors (Lipinski definition) is 1. The third kappa shape index (κ3) is 4.70. The molecule has 1 fully saturated rings. The first-order valence-electron chi connectivity index (χ1n) is 8.18. The first kappa shape index (κ1) is 16.7. The Balaban J connectivity index is 1.90. The second-order valence-electron chi connectivity index (χ2n) is 6.12. The van der Waals surface area contributed by atoms with E-state index in [2.05, 4.69) is 31.1 Å². The molecular formula is C17H27N3O2. The van der Waals surface area contributed by atoms with E-state index in [1.54, 1.807) is 6.20 Å². The van der Waals surface area contributed by atoms with Crippen LogP contribution in [0.2, 0.25) is 0 Å². The van der Waals surface area contributed by atoms with Crippen LogP contribution in [0.1, 0.15) is 38.4 Å². The topological polar surface area (TPSA) is 54.5 Å². The third-order valence-corrected chi connectivity index (χ3v) is 4.05. The maximum atomic E-state index is 12.4. The predicted octanol–water partition coefficient (Wildman–Crippen LogP) is 2.60.